The molecule has 6 heteroatoms. The number of rotatable bonds is 8. The molecule has 0 spiro atoms. The molecule has 2 unspecified atom stereocenters. The molecular formula is C30H38N2O4. The lowest BCUT2D eigenvalue weighted by atomic mass is 9.78. The Labute approximate surface area is 214 Å². The summed E-state index contributed by atoms with van der Waals surface area (Å²) >= 11 is 0. The van der Waals surface area contributed by atoms with Crippen molar-refractivity contribution in [1.82, 2.24) is 9.78 Å². The minimum absolute atomic E-state index is 0.0848. The third kappa shape index (κ3) is 5.60. The van der Waals surface area contributed by atoms with Crippen LogP contribution in [0.5, 0.6) is 11.5 Å². The lowest BCUT2D eigenvalue weighted by molar-refractivity contribution is 0.253. The fourth-order valence-corrected chi connectivity index (χ4v) is 4.34. The van der Waals surface area contributed by atoms with Crippen molar-refractivity contribution in [3.05, 3.63) is 53.6 Å². The SMILES string of the molecule is Cn1nc(-c2ccc(OCC3CO3)cc2)cc1-c1cc(C(C)(C)C)c(OCC2CO2)c(C(C)(C)C)c1. The molecule has 0 amide bonds. The summed E-state index contributed by atoms with van der Waals surface area (Å²) in [6, 6.07) is 14.8. The topological polar surface area (TPSA) is 61.3 Å². The smallest absolute Gasteiger partial charge is 0.126 e. The van der Waals surface area contributed by atoms with Crippen LogP contribution in [-0.4, -0.2) is 48.4 Å². The first kappa shape index (κ1) is 24.8. The Balaban J connectivity index is 1.50. The normalized spacial score (nSPS) is 19.3. The van der Waals surface area contributed by atoms with Crippen molar-refractivity contribution in [3.8, 4) is 34.0 Å². The van der Waals surface area contributed by atoms with E-state index in [-0.39, 0.29) is 23.0 Å². The summed E-state index contributed by atoms with van der Waals surface area (Å²) < 4.78 is 24.8. The highest BCUT2D eigenvalue weighted by atomic mass is 16.6. The third-order valence-electron chi connectivity index (χ3n) is 6.68. The highest BCUT2D eigenvalue weighted by Crippen LogP contribution is 2.43. The van der Waals surface area contributed by atoms with E-state index in [4.69, 9.17) is 24.0 Å². The summed E-state index contributed by atoms with van der Waals surface area (Å²) in [5.41, 5.74) is 6.45. The van der Waals surface area contributed by atoms with Gasteiger partial charge in [0.2, 0.25) is 0 Å². The van der Waals surface area contributed by atoms with Gasteiger partial charge < -0.3 is 18.9 Å². The van der Waals surface area contributed by atoms with E-state index in [0.717, 1.165) is 47.2 Å². The van der Waals surface area contributed by atoms with E-state index in [1.54, 1.807) is 0 Å². The Kier molecular flexibility index (Phi) is 6.38. The summed E-state index contributed by atoms with van der Waals surface area (Å²) in [5, 5.41) is 4.85. The van der Waals surface area contributed by atoms with Gasteiger partial charge in [0.05, 0.1) is 24.6 Å². The molecule has 0 saturated carbocycles. The first-order valence-electron chi connectivity index (χ1n) is 12.8. The van der Waals surface area contributed by atoms with E-state index < -0.39 is 0 Å². The number of epoxide rings is 2. The standard InChI is InChI=1S/C30H38N2O4/c1-29(2,3)24-12-20(13-25(30(4,5)6)28(24)36-18-23-17-35-23)27-14-26(31-32(27)7)19-8-10-21(11-9-19)33-15-22-16-34-22/h8-14,22-23H,15-18H2,1-7H3. The molecule has 2 aliphatic heterocycles. The van der Waals surface area contributed by atoms with Gasteiger partial charge in [-0.2, -0.15) is 5.10 Å². The lowest BCUT2D eigenvalue weighted by Crippen LogP contribution is -2.21. The van der Waals surface area contributed by atoms with Crippen molar-refractivity contribution in [3.63, 3.8) is 0 Å². The molecule has 2 aliphatic rings. The van der Waals surface area contributed by atoms with Gasteiger partial charge >= 0.3 is 0 Å². The van der Waals surface area contributed by atoms with Gasteiger partial charge in [-0.25, -0.2) is 0 Å². The van der Waals surface area contributed by atoms with Crippen LogP contribution in [0.2, 0.25) is 0 Å². The fourth-order valence-electron chi connectivity index (χ4n) is 4.34. The number of aryl methyl sites for hydroxylation is 1. The summed E-state index contributed by atoms with van der Waals surface area (Å²) in [7, 11) is 2.01. The van der Waals surface area contributed by atoms with Crippen molar-refractivity contribution in [1.29, 1.82) is 0 Å². The molecule has 1 aromatic heterocycles. The van der Waals surface area contributed by atoms with Gasteiger partial charge in [0, 0.05) is 29.3 Å². The Morgan fingerprint density at radius 3 is 1.83 bits per heavy atom. The number of benzene rings is 2. The van der Waals surface area contributed by atoms with E-state index in [0.29, 0.717) is 13.2 Å². The van der Waals surface area contributed by atoms with E-state index >= 15 is 0 Å². The van der Waals surface area contributed by atoms with Crippen LogP contribution in [0.25, 0.3) is 22.5 Å². The Morgan fingerprint density at radius 1 is 0.806 bits per heavy atom. The van der Waals surface area contributed by atoms with Crippen LogP contribution >= 0.6 is 0 Å². The van der Waals surface area contributed by atoms with Crippen molar-refractivity contribution >= 4 is 0 Å². The highest BCUT2D eigenvalue weighted by Gasteiger charge is 2.31. The minimum atomic E-state index is -0.0848. The molecule has 0 bridgehead atoms. The maximum absolute atomic E-state index is 6.42. The number of nitrogens with zero attached hydrogens (tertiary/aromatic N) is 2. The molecule has 2 atom stereocenters. The van der Waals surface area contributed by atoms with E-state index in [9.17, 15) is 0 Å². The van der Waals surface area contributed by atoms with Gasteiger partial charge in [0.1, 0.15) is 36.9 Å². The van der Waals surface area contributed by atoms with Crippen LogP contribution in [-0.2, 0) is 27.4 Å². The summed E-state index contributed by atoms with van der Waals surface area (Å²) in [5.74, 6) is 1.84. The molecule has 6 nitrogen and oxygen atoms in total. The van der Waals surface area contributed by atoms with Crippen LogP contribution in [0, 0.1) is 0 Å². The Bertz CT molecular complexity index is 1190. The summed E-state index contributed by atoms with van der Waals surface area (Å²) in [6.07, 6.45) is 0.460. The summed E-state index contributed by atoms with van der Waals surface area (Å²) in [6.45, 7) is 16.2. The molecular weight excluding hydrogens is 452 g/mol. The molecule has 0 aliphatic carbocycles. The monoisotopic (exact) mass is 490 g/mol. The van der Waals surface area contributed by atoms with Crippen LogP contribution in [0.15, 0.2) is 42.5 Å². The second-order valence-electron chi connectivity index (χ2n) is 12.0. The quantitative estimate of drug-likeness (QED) is 0.368. The van der Waals surface area contributed by atoms with Gasteiger partial charge in [-0.1, -0.05) is 41.5 Å². The molecule has 0 N–H and O–H groups in total. The highest BCUT2D eigenvalue weighted by molar-refractivity contribution is 5.72. The molecule has 3 heterocycles. The average molecular weight is 491 g/mol. The zero-order chi connectivity index (χ0) is 25.7. The maximum atomic E-state index is 6.42. The number of aromatic nitrogens is 2. The van der Waals surface area contributed by atoms with Crippen LogP contribution < -0.4 is 9.47 Å². The lowest BCUT2D eigenvalue weighted by Gasteiger charge is -2.30. The van der Waals surface area contributed by atoms with Crippen molar-refractivity contribution in [2.45, 2.75) is 64.6 Å². The molecule has 192 valence electrons. The maximum Gasteiger partial charge on any atom is 0.126 e. The number of hydrogen-bond acceptors (Lipinski definition) is 5. The first-order valence-corrected chi connectivity index (χ1v) is 12.8. The van der Waals surface area contributed by atoms with Crippen molar-refractivity contribution in [2.24, 2.45) is 7.05 Å². The van der Waals surface area contributed by atoms with Crippen LogP contribution in [0.3, 0.4) is 0 Å². The van der Waals surface area contributed by atoms with Gasteiger partial charge in [-0.3, -0.25) is 4.68 Å². The molecule has 3 aromatic rings. The Hall–Kier alpha value is -2.83. The molecule has 5 rings (SSSR count). The number of ether oxygens (including phenoxy) is 4. The fraction of sp³-hybridized carbons (Fsp3) is 0.500. The first-order chi connectivity index (χ1) is 17.0. The number of hydrogen-bond donors (Lipinski definition) is 0. The van der Waals surface area contributed by atoms with Gasteiger partial charge in [-0.05, 0) is 53.3 Å². The van der Waals surface area contributed by atoms with E-state index in [2.05, 4.69) is 71.9 Å². The predicted octanol–water partition coefficient (Wildman–Crippen LogP) is 5.90. The molecule has 2 aromatic carbocycles. The second kappa shape index (κ2) is 9.24. The predicted molar refractivity (Wildman–Crippen MR) is 142 cm³/mol. The molecule has 36 heavy (non-hydrogen) atoms. The molecule has 2 saturated heterocycles. The second-order valence-corrected chi connectivity index (χ2v) is 12.0. The van der Waals surface area contributed by atoms with Gasteiger partial charge in [0.25, 0.3) is 0 Å². The zero-order valence-corrected chi connectivity index (χ0v) is 22.6. The largest absolute Gasteiger partial charge is 0.491 e. The van der Waals surface area contributed by atoms with Crippen LogP contribution in [0.4, 0.5) is 0 Å². The third-order valence-corrected chi connectivity index (χ3v) is 6.68. The zero-order valence-electron chi connectivity index (χ0n) is 22.6. The summed E-state index contributed by atoms with van der Waals surface area (Å²) in [4.78, 5) is 0. The van der Waals surface area contributed by atoms with E-state index in [1.165, 1.54) is 11.1 Å². The molecule has 0 radical (unpaired) electrons. The van der Waals surface area contributed by atoms with E-state index in [1.807, 2.05) is 23.9 Å². The van der Waals surface area contributed by atoms with Gasteiger partial charge in [-0.15, -0.1) is 0 Å². The minimum Gasteiger partial charge on any atom is -0.491 e. The van der Waals surface area contributed by atoms with Gasteiger partial charge in [0.15, 0.2) is 0 Å². The van der Waals surface area contributed by atoms with Crippen molar-refractivity contribution < 1.29 is 18.9 Å². The average Bonchev–Trinajstić information content (AvgIpc) is 3.74. The molecule has 2 fully saturated rings. The van der Waals surface area contributed by atoms with Crippen LogP contribution in [0.1, 0.15) is 52.7 Å². The Morgan fingerprint density at radius 2 is 1.33 bits per heavy atom. The van der Waals surface area contributed by atoms with Crippen molar-refractivity contribution in [2.75, 3.05) is 26.4 Å².